The van der Waals surface area contributed by atoms with Gasteiger partial charge in [0.05, 0.1) is 33.1 Å². The molecule has 0 aliphatic carbocycles. The number of aromatic nitrogens is 2. The van der Waals surface area contributed by atoms with Gasteiger partial charge in [-0.25, -0.2) is 0 Å². The van der Waals surface area contributed by atoms with Crippen molar-refractivity contribution in [3.8, 4) is 33.4 Å². The first kappa shape index (κ1) is 30.1. The number of rotatable bonds is 3. The van der Waals surface area contributed by atoms with Gasteiger partial charge in [0, 0.05) is 63.3 Å². The van der Waals surface area contributed by atoms with Crippen molar-refractivity contribution in [2.45, 2.75) is 0 Å². The van der Waals surface area contributed by atoms with Gasteiger partial charge in [-0.15, -0.1) is 11.3 Å². The molecule has 5 aromatic heterocycles. The van der Waals surface area contributed by atoms with Crippen molar-refractivity contribution in [1.82, 2.24) is 8.80 Å². The number of benzene rings is 9. The highest BCUT2D eigenvalue weighted by molar-refractivity contribution is 7.26. The Morgan fingerprint density at radius 2 is 0.754 bits per heavy atom. The lowest BCUT2D eigenvalue weighted by Gasteiger charge is -2.09. The molecule has 0 unspecified atom stereocenters. The summed E-state index contributed by atoms with van der Waals surface area (Å²) >= 11 is 1.89. The minimum absolute atomic E-state index is 1.23. The first-order valence-electron chi connectivity index (χ1n) is 19.7. The Kier molecular flexibility index (Phi) is 5.68. The average molecular weight is 739 g/mol. The largest absolute Gasteiger partial charge is 0.308 e. The number of para-hydroxylation sites is 3. The molecule has 3 heteroatoms. The van der Waals surface area contributed by atoms with E-state index < -0.39 is 0 Å². The van der Waals surface area contributed by atoms with Crippen LogP contribution in [0.1, 0.15) is 0 Å². The summed E-state index contributed by atoms with van der Waals surface area (Å²) in [6, 6.07) is 68.1. The van der Waals surface area contributed by atoms with E-state index in [-0.39, 0.29) is 0 Å². The first-order valence-corrected chi connectivity index (χ1v) is 20.5. The zero-order valence-corrected chi connectivity index (χ0v) is 31.4. The molecular weight excluding hydrogens is 709 g/mol. The third-order valence-corrected chi connectivity index (χ3v) is 14.0. The highest BCUT2D eigenvalue weighted by Crippen LogP contribution is 2.46. The van der Waals surface area contributed by atoms with Crippen molar-refractivity contribution in [2.75, 3.05) is 0 Å². The van der Waals surface area contributed by atoms with Gasteiger partial charge in [0.2, 0.25) is 0 Å². The molecule has 0 fully saturated rings. The molecule has 0 atom stereocenters. The minimum atomic E-state index is 1.23. The summed E-state index contributed by atoms with van der Waals surface area (Å²) in [5, 5.41) is 13.1. The Hall–Kier alpha value is -7.20. The van der Waals surface area contributed by atoms with Gasteiger partial charge < -0.3 is 8.80 Å². The maximum absolute atomic E-state index is 2.49. The second-order valence-corrected chi connectivity index (χ2v) is 16.7. The fourth-order valence-corrected chi connectivity index (χ4v) is 11.5. The van der Waals surface area contributed by atoms with Gasteiger partial charge in [0.15, 0.2) is 0 Å². The van der Waals surface area contributed by atoms with Crippen molar-refractivity contribution in [1.29, 1.82) is 0 Å². The Bertz CT molecular complexity index is 3990. The third-order valence-electron chi connectivity index (χ3n) is 12.8. The molecule has 0 spiro atoms. The van der Waals surface area contributed by atoms with Crippen LogP contribution in [0.4, 0.5) is 0 Å². The first-order chi connectivity index (χ1) is 28.3. The van der Waals surface area contributed by atoms with Gasteiger partial charge in [0.25, 0.3) is 0 Å². The van der Waals surface area contributed by atoms with Crippen LogP contribution in [-0.2, 0) is 0 Å². The van der Waals surface area contributed by atoms with Crippen LogP contribution < -0.4 is 0 Å². The number of hydrogen-bond donors (Lipinski definition) is 0. The number of thiophene rings is 1. The van der Waals surface area contributed by atoms with Crippen molar-refractivity contribution in [3.05, 3.63) is 182 Å². The smallest absolute Gasteiger partial charge is 0.0620 e. The molecule has 0 N–H and O–H groups in total. The molecule has 0 saturated carbocycles. The van der Waals surface area contributed by atoms with E-state index in [9.17, 15) is 0 Å². The van der Waals surface area contributed by atoms with Crippen molar-refractivity contribution in [3.63, 3.8) is 0 Å². The quantitative estimate of drug-likeness (QED) is 0.171. The average Bonchev–Trinajstić information content (AvgIpc) is 4.07. The highest BCUT2D eigenvalue weighted by Gasteiger charge is 2.21. The van der Waals surface area contributed by atoms with E-state index in [1.807, 2.05) is 11.3 Å². The van der Waals surface area contributed by atoms with Gasteiger partial charge >= 0.3 is 0 Å². The van der Waals surface area contributed by atoms with Crippen LogP contribution in [0.25, 0.3) is 130 Å². The van der Waals surface area contributed by atoms with Crippen LogP contribution in [0.2, 0.25) is 0 Å². The van der Waals surface area contributed by atoms with Crippen LogP contribution in [0.5, 0.6) is 0 Å². The predicted octanol–water partition coefficient (Wildman–Crippen LogP) is 15.4. The summed E-state index contributed by atoms with van der Waals surface area (Å²) in [4.78, 5) is 0. The lowest BCUT2D eigenvalue weighted by molar-refractivity contribution is 1.37. The van der Waals surface area contributed by atoms with Crippen LogP contribution in [-0.4, -0.2) is 8.80 Å². The summed E-state index contributed by atoms with van der Waals surface area (Å²) < 4.78 is 7.63. The van der Waals surface area contributed by atoms with E-state index in [4.69, 9.17) is 0 Å². The second kappa shape index (κ2) is 10.8. The maximum atomic E-state index is 2.49. The topological polar surface area (TPSA) is 8.82 Å². The van der Waals surface area contributed by atoms with Crippen LogP contribution in [0.15, 0.2) is 182 Å². The Labute approximate surface area is 330 Å². The number of fused-ring (bicyclic) bond motifs is 15. The second-order valence-electron chi connectivity index (χ2n) is 15.7. The monoisotopic (exact) mass is 738 g/mol. The van der Waals surface area contributed by atoms with Crippen LogP contribution >= 0.6 is 11.3 Å². The summed E-state index contributed by atoms with van der Waals surface area (Å²) in [5.74, 6) is 0. The van der Waals surface area contributed by atoms with E-state index in [1.54, 1.807) is 0 Å². The molecule has 9 aromatic carbocycles. The molecule has 0 radical (unpaired) electrons. The molecule has 0 aliphatic heterocycles. The summed E-state index contributed by atoms with van der Waals surface area (Å²) in [7, 11) is 0. The van der Waals surface area contributed by atoms with Crippen molar-refractivity contribution < 1.29 is 0 Å². The van der Waals surface area contributed by atoms with E-state index in [0.717, 1.165) is 0 Å². The lowest BCUT2D eigenvalue weighted by atomic mass is 9.95. The molecule has 0 bridgehead atoms. The lowest BCUT2D eigenvalue weighted by Crippen LogP contribution is -1.84. The Morgan fingerprint density at radius 3 is 1.53 bits per heavy atom. The van der Waals surface area contributed by atoms with Gasteiger partial charge in [0.1, 0.15) is 0 Å². The summed E-state index contributed by atoms with van der Waals surface area (Å²) in [6.07, 6.45) is 0. The Morgan fingerprint density at radius 1 is 0.281 bits per heavy atom. The van der Waals surface area contributed by atoms with Gasteiger partial charge in [-0.3, -0.25) is 0 Å². The molecule has 0 amide bonds. The minimum Gasteiger partial charge on any atom is -0.308 e. The molecule has 5 heterocycles. The molecule has 57 heavy (non-hydrogen) atoms. The number of nitrogens with zero attached hydrogens (tertiary/aromatic N) is 2. The number of hydrogen-bond acceptors (Lipinski definition) is 1. The van der Waals surface area contributed by atoms with Crippen molar-refractivity contribution >= 4 is 108 Å². The normalized spacial score (nSPS) is 12.6. The van der Waals surface area contributed by atoms with E-state index >= 15 is 0 Å². The summed E-state index contributed by atoms with van der Waals surface area (Å²) in [6.45, 7) is 0. The van der Waals surface area contributed by atoms with E-state index in [2.05, 4.69) is 191 Å². The predicted molar refractivity (Wildman–Crippen MR) is 245 cm³/mol. The molecule has 0 aliphatic rings. The van der Waals surface area contributed by atoms with Crippen molar-refractivity contribution in [2.24, 2.45) is 0 Å². The van der Waals surface area contributed by atoms with Crippen LogP contribution in [0.3, 0.4) is 0 Å². The molecule has 14 rings (SSSR count). The zero-order valence-electron chi connectivity index (χ0n) is 30.6. The molecule has 2 nitrogen and oxygen atoms in total. The summed E-state index contributed by atoms with van der Waals surface area (Å²) in [5.41, 5.74) is 15.1. The van der Waals surface area contributed by atoms with Gasteiger partial charge in [-0.05, 0) is 94.0 Å². The SMILES string of the molecule is c1cc(-c2ccc3c(c2)c2cc(-c4ccc5c(c4)c4cccc6c7ccccc7n5c64)cc4c5ccccc5n3c42)cc(-c2cccc3c2sc2ccccc23)c1. The Balaban J connectivity index is 0.980. The van der Waals surface area contributed by atoms with E-state index in [0.29, 0.717) is 0 Å². The third kappa shape index (κ3) is 3.89. The standard InChI is InChI=1S/C54H30N2S/c1-4-19-47-37(12-1)40-16-9-17-41-43-28-33(23-25-49(43)55(47)52(40)41)35-29-45-38-13-2-5-20-48(38)56-50-24-22-32(27-44(50)46(30-35)53(45)56)31-10-7-11-34(26-31)36-15-8-18-42-39-14-3-6-21-51(39)57-54(36)42/h1-30H. The van der Waals surface area contributed by atoms with Gasteiger partial charge in [-0.1, -0.05) is 121 Å². The molecular formula is C54H30N2S. The highest BCUT2D eigenvalue weighted by atomic mass is 32.1. The van der Waals surface area contributed by atoms with Gasteiger partial charge in [-0.2, -0.15) is 0 Å². The fraction of sp³-hybridized carbons (Fsp3) is 0. The fourth-order valence-electron chi connectivity index (χ4n) is 10.3. The molecule has 262 valence electrons. The maximum Gasteiger partial charge on any atom is 0.0620 e. The molecule has 0 saturated heterocycles. The molecule has 14 aromatic rings. The van der Waals surface area contributed by atoms with Crippen LogP contribution in [0, 0.1) is 0 Å². The van der Waals surface area contributed by atoms with E-state index in [1.165, 1.54) is 130 Å². The zero-order chi connectivity index (χ0) is 36.9.